The van der Waals surface area contributed by atoms with E-state index in [1.165, 1.54) is 11.2 Å². The van der Waals surface area contributed by atoms with E-state index in [-0.39, 0.29) is 24.7 Å². The van der Waals surface area contributed by atoms with E-state index >= 15 is 0 Å². The molecule has 0 bridgehead atoms. The molecular weight excluding hydrogens is 384 g/mol. The molecular formula is C21H18N6O3. The van der Waals surface area contributed by atoms with Crippen LogP contribution in [-0.2, 0) is 12.0 Å². The standard InChI is InChI=1S/C21H18N6O3/c28-20(27-12-21(29,13-27)18-8-9-22-26-18)17-11-30-19(23-17)10-15-6-7-16(25-24-15)14-4-2-1-3-5-14/h1-9,11,29H,10,12-13H2,(H,22,26). The number of aliphatic hydroxyl groups is 1. The summed E-state index contributed by atoms with van der Waals surface area (Å²) in [5.41, 5.74) is 2.15. The largest absolute Gasteiger partial charge is 0.448 e. The lowest BCUT2D eigenvalue weighted by Crippen LogP contribution is -2.61. The number of aromatic amines is 1. The molecule has 0 saturated carbocycles. The molecule has 0 unspecified atom stereocenters. The first-order chi connectivity index (χ1) is 14.6. The Balaban J connectivity index is 1.22. The Morgan fingerprint density at radius 1 is 1.13 bits per heavy atom. The Labute approximate surface area is 171 Å². The number of benzene rings is 1. The molecule has 2 N–H and O–H groups in total. The summed E-state index contributed by atoms with van der Waals surface area (Å²) in [6, 6.07) is 15.2. The van der Waals surface area contributed by atoms with Crippen molar-refractivity contribution in [3.8, 4) is 11.3 Å². The van der Waals surface area contributed by atoms with Crippen LogP contribution >= 0.6 is 0 Å². The van der Waals surface area contributed by atoms with Crippen molar-refractivity contribution in [3.05, 3.63) is 84.0 Å². The fourth-order valence-electron chi connectivity index (χ4n) is 3.44. The number of β-amino-alcohol motifs (C(OH)–C–C–N with tert-alkyl or cyclic N) is 1. The molecule has 3 aromatic heterocycles. The zero-order chi connectivity index (χ0) is 20.6. The normalized spacial score (nSPS) is 15.0. The summed E-state index contributed by atoms with van der Waals surface area (Å²) in [7, 11) is 0. The number of aromatic nitrogens is 5. The van der Waals surface area contributed by atoms with Crippen LogP contribution in [0.25, 0.3) is 11.3 Å². The maximum absolute atomic E-state index is 12.6. The summed E-state index contributed by atoms with van der Waals surface area (Å²) in [5.74, 6) is 0.0872. The molecule has 1 fully saturated rings. The van der Waals surface area contributed by atoms with Gasteiger partial charge in [-0.05, 0) is 18.2 Å². The van der Waals surface area contributed by atoms with Gasteiger partial charge in [-0.15, -0.1) is 0 Å². The first-order valence-corrected chi connectivity index (χ1v) is 9.45. The number of hydrogen-bond acceptors (Lipinski definition) is 7. The lowest BCUT2D eigenvalue weighted by molar-refractivity contribution is -0.0894. The number of hydrogen-bond donors (Lipinski definition) is 2. The second-order valence-corrected chi connectivity index (χ2v) is 7.24. The van der Waals surface area contributed by atoms with Crippen LogP contribution in [0.5, 0.6) is 0 Å². The monoisotopic (exact) mass is 402 g/mol. The van der Waals surface area contributed by atoms with E-state index in [1.807, 2.05) is 42.5 Å². The molecule has 0 aliphatic carbocycles. The average molecular weight is 402 g/mol. The minimum atomic E-state index is -1.10. The Kier molecular flexibility index (Phi) is 4.36. The molecule has 30 heavy (non-hydrogen) atoms. The van der Waals surface area contributed by atoms with Crippen molar-refractivity contribution in [1.29, 1.82) is 0 Å². The summed E-state index contributed by atoms with van der Waals surface area (Å²) in [6.07, 6.45) is 3.22. The third-order valence-electron chi connectivity index (χ3n) is 5.09. The molecule has 150 valence electrons. The van der Waals surface area contributed by atoms with Gasteiger partial charge in [0.25, 0.3) is 5.91 Å². The minimum absolute atomic E-state index is 0.169. The van der Waals surface area contributed by atoms with E-state index < -0.39 is 5.60 Å². The van der Waals surface area contributed by atoms with E-state index in [1.54, 1.807) is 12.3 Å². The van der Waals surface area contributed by atoms with Crippen molar-refractivity contribution < 1.29 is 14.3 Å². The Morgan fingerprint density at radius 3 is 2.67 bits per heavy atom. The number of nitrogens with zero attached hydrogens (tertiary/aromatic N) is 5. The van der Waals surface area contributed by atoms with Crippen molar-refractivity contribution in [2.75, 3.05) is 13.1 Å². The molecule has 4 aromatic rings. The zero-order valence-electron chi connectivity index (χ0n) is 15.9. The number of rotatable bonds is 5. The number of carbonyl (C=O) groups is 1. The SMILES string of the molecule is O=C(c1coc(Cc2ccc(-c3ccccc3)nn2)n1)N1CC(O)(c2ccn[nH]2)C1. The van der Waals surface area contributed by atoms with Crippen LogP contribution in [0.3, 0.4) is 0 Å². The van der Waals surface area contributed by atoms with Crippen molar-refractivity contribution in [1.82, 2.24) is 30.3 Å². The van der Waals surface area contributed by atoms with E-state index in [4.69, 9.17) is 4.42 Å². The van der Waals surface area contributed by atoms with Crippen LogP contribution in [0.4, 0.5) is 0 Å². The van der Waals surface area contributed by atoms with Gasteiger partial charge >= 0.3 is 0 Å². The summed E-state index contributed by atoms with van der Waals surface area (Å²) >= 11 is 0. The fourth-order valence-corrected chi connectivity index (χ4v) is 3.44. The van der Waals surface area contributed by atoms with Gasteiger partial charge in [0.05, 0.1) is 36.6 Å². The predicted molar refractivity (Wildman–Crippen MR) is 105 cm³/mol. The van der Waals surface area contributed by atoms with Gasteiger partial charge in [0.15, 0.2) is 5.69 Å². The van der Waals surface area contributed by atoms with Crippen molar-refractivity contribution in [3.63, 3.8) is 0 Å². The van der Waals surface area contributed by atoms with Gasteiger partial charge in [-0.1, -0.05) is 30.3 Å². The number of oxazole rings is 1. The van der Waals surface area contributed by atoms with Gasteiger partial charge in [-0.3, -0.25) is 9.89 Å². The molecule has 9 nitrogen and oxygen atoms in total. The van der Waals surface area contributed by atoms with Gasteiger partial charge in [-0.25, -0.2) is 4.98 Å². The van der Waals surface area contributed by atoms with Gasteiger partial charge in [0.2, 0.25) is 5.89 Å². The molecule has 1 aliphatic rings. The molecule has 0 radical (unpaired) electrons. The third kappa shape index (κ3) is 3.35. The molecule has 5 rings (SSSR count). The molecule has 1 saturated heterocycles. The maximum Gasteiger partial charge on any atom is 0.276 e. The highest BCUT2D eigenvalue weighted by atomic mass is 16.3. The quantitative estimate of drug-likeness (QED) is 0.522. The second-order valence-electron chi connectivity index (χ2n) is 7.24. The number of amides is 1. The Bertz CT molecular complexity index is 1150. The topological polar surface area (TPSA) is 121 Å². The van der Waals surface area contributed by atoms with E-state index in [0.29, 0.717) is 23.7 Å². The smallest absolute Gasteiger partial charge is 0.276 e. The van der Waals surface area contributed by atoms with Crippen LogP contribution in [-0.4, -0.2) is 54.4 Å². The van der Waals surface area contributed by atoms with Crippen LogP contribution in [0.15, 0.2) is 65.4 Å². The van der Waals surface area contributed by atoms with Crippen molar-refractivity contribution in [2.24, 2.45) is 0 Å². The number of H-pyrrole nitrogens is 1. The van der Waals surface area contributed by atoms with Gasteiger partial charge in [-0.2, -0.15) is 15.3 Å². The van der Waals surface area contributed by atoms with Crippen LogP contribution in [0.2, 0.25) is 0 Å². The highest BCUT2D eigenvalue weighted by Gasteiger charge is 2.46. The molecule has 1 aromatic carbocycles. The molecule has 1 aliphatic heterocycles. The van der Waals surface area contributed by atoms with E-state index in [0.717, 1.165) is 11.3 Å². The van der Waals surface area contributed by atoms with Crippen LogP contribution < -0.4 is 0 Å². The first-order valence-electron chi connectivity index (χ1n) is 9.45. The molecule has 4 heterocycles. The third-order valence-corrected chi connectivity index (χ3v) is 5.09. The highest BCUT2D eigenvalue weighted by molar-refractivity contribution is 5.92. The van der Waals surface area contributed by atoms with Crippen molar-refractivity contribution in [2.45, 2.75) is 12.0 Å². The van der Waals surface area contributed by atoms with E-state index in [2.05, 4.69) is 25.4 Å². The van der Waals surface area contributed by atoms with Crippen LogP contribution in [0, 0.1) is 0 Å². The lowest BCUT2D eigenvalue weighted by atomic mass is 9.90. The Hall–Kier alpha value is -3.85. The zero-order valence-corrected chi connectivity index (χ0v) is 15.9. The lowest BCUT2D eigenvalue weighted by Gasteiger charge is -2.45. The Morgan fingerprint density at radius 2 is 1.97 bits per heavy atom. The number of nitrogens with one attached hydrogen (secondary N) is 1. The molecule has 9 heteroatoms. The number of carbonyl (C=O) groups excluding carboxylic acids is 1. The first kappa shape index (κ1) is 18.2. The second kappa shape index (κ2) is 7.20. The molecule has 0 spiro atoms. The summed E-state index contributed by atoms with van der Waals surface area (Å²) < 4.78 is 5.44. The summed E-state index contributed by atoms with van der Waals surface area (Å²) in [4.78, 5) is 18.4. The minimum Gasteiger partial charge on any atom is -0.448 e. The molecule has 1 amide bonds. The van der Waals surface area contributed by atoms with Gasteiger partial charge < -0.3 is 14.4 Å². The van der Waals surface area contributed by atoms with E-state index in [9.17, 15) is 9.90 Å². The summed E-state index contributed by atoms with van der Waals surface area (Å²) in [5, 5.41) is 25.6. The average Bonchev–Trinajstić information content (AvgIpc) is 3.45. The molecule has 0 atom stereocenters. The van der Waals surface area contributed by atoms with Gasteiger partial charge in [0.1, 0.15) is 11.9 Å². The summed E-state index contributed by atoms with van der Waals surface area (Å²) in [6.45, 7) is 0.339. The van der Waals surface area contributed by atoms with Crippen molar-refractivity contribution >= 4 is 5.91 Å². The maximum atomic E-state index is 12.6. The predicted octanol–water partition coefficient (Wildman–Crippen LogP) is 1.79. The number of likely N-dealkylation sites (tertiary alicyclic amines) is 1. The van der Waals surface area contributed by atoms with Gasteiger partial charge in [0, 0.05) is 11.8 Å². The fraction of sp³-hybridized carbons (Fsp3) is 0.190. The van der Waals surface area contributed by atoms with Crippen LogP contribution in [0.1, 0.15) is 27.8 Å². The highest BCUT2D eigenvalue weighted by Crippen LogP contribution is 2.31.